The van der Waals surface area contributed by atoms with Gasteiger partial charge in [-0.15, -0.1) is 0 Å². The molecule has 1 saturated heterocycles. The molecular weight excluding hydrogens is 477 g/mol. The van der Waals surface area contributed by atoms with Gasteiger partial charge < -0.3 is 20.7 Å². The molecule has 0 bridgehead atoms. The molecule has 2 rings (SSSR count). The van der Waals surface area contributed by atoms with E-state index in [1.54, 1.807) is 0 Å². The Kier molecular flexibility index (Phi) is 29.8. The molecule has 3 unspecified atom stereocenters. The van der Waals surface area contributed by atoms with Crippen LogP contribution in [0.4, 0.5) is 4.39 Å². The molecule has 2 aliphatic rings. The molecule has 6 heteroatoms. The number of nitrogens with one attached hydrogen (secondary N) is 1. The van der Waals surface area contributed by atoms with Gasteiger partial charge in [0.15, 0.2) is 0 Å². The smallest absolute Gasteiger partial charge is 0.207 e. The number of carbonyl (C=O) groups excluding carboxylic acids is 2. The van der Waals surface area contributed by atoms with Crippen LogP contribution >= 0.6 is 0 Å². The van der Waals surface area contributed by atoms with Gasteiger partial charge in [-0.25, -0.2) is 0 Å². The molecule has 1 saturated carbocycles. The summed E-state index contributed by atoms with van der Waals surface area (Å²) in [5, 5.41) is 2.87. The zero-order valence-corrected chi connectivity index (χ0v) is 26.2. The van der Waals surface area contributed by atoms with E-state index in [2.05, 4.69) is 43.8 Å². The molecule has 1 aliphatic carbocycles. The molecule has 0 radical (unpaired) electrons. The van der Waals surface area contributed by atoms with Crippen LogP contribution in [0.25, 0.3) is 0 Å². The molecule has 1 heterocycles. The van der Waals surface area contributed by atoms with Crippen molar-refractivity contribution in [1.82, 2.24) is 10.2 Å². The number of halogens is 1. The molecular formula is C32H66FN3O2. The van der Waals surface area contributed by atoms with Crippen molar-refractivity contribution in [3.63, 3.8) is 0 Å². The number of amides is 1. The summed E-state index contributed by atoms with van der Waals surface area (Å²) < 4.78 is 11.6. The highest BCUT2D eigenvalue weighted by molar-refractivity contribution is 5.53. The molecule has 228 valence electrons. The highest BCUT2D eigenvalue weighted by Gasteiger charge is 2.34. The van der Waals surface area contributed by atoms with Crippen LogP contribution in [0.1, 0.15) is 137 Å². The fourth-order valence-electron chi connectivity index (χ4n) is 5.67. The number of hydrogen-bond donors (Lipinski definition) is 2. The van der Waals surface area contributed by atoms with Crippen molar-refractivity contribution in [3.8, 4) is 0 Å². The van der Waals surface area contributed by atoms with E-state index in [0.29, 0.717) is 12.5 Å². The number of rotatable bonds is 16. The number of alkyl halides is 1. The third kappa shape index (κ3) is 20.0. The summed E-state index contributed by atoms with van der Waals surface area (Å²) in [6.45, 7) is 9.90. The highest BCUT2D eigenvalue weighted by Crippen LogP contribution is 2.37. The Hall–Kier alpha value is -1.01. The average molecular weight is 544 g/mol. The minimum Gasteiger partial charge on any atom is -0.356 e. The van der Waals surface area contributed by atoms with Crippen LogP contribution in [0, 0.1) is 17.8 Å². The lowest BCUT2D eigenvalue weighted by Crippen LogP contribution is -2.30. The monoisotopic (exact) mass is 544 g/mol. The van der Waals surface area contributed by atoms with E-state index in [-0.39, 0.29) is 12.6 Å². The fraction of sp³-hybridized carbons (Fsp3) is 0.938. The Balaban J connectivity index is 0. The standard InChI is InChI=1S/C12H23N.C10H21NO.C9H17FO.CH5N/c1-10-12(8-9-13(10)2)11-6-4-3-5-7-11;1-3-5-7-10(11-9-12)8-6-4-2;1-2-9(8-11)6-4-3-5-7-10;1-2/h10-12H,3-9H2,1-2H3;9-10H,3-8H2,1-2H3,(H,11,12);8-9H,2-7H2,1H3;2H2,1H3. The third-order valence-corrected chi connectivity index (χ3v) is 8.43. The fourth-order valence-corrected chi connectivity index (χ4v) is 5.67. The number of likely N-dealkylation sites (tertiary alicyclic amines) is 1. The van der Waals surface area contributed by atoms with Gasteiger partial charge in [0, 0.05) is 18.0 Å². The quantitative estimate of drug-likeness (QED) is 0.154. The van der Waals surface area contributed by atoms with Crippen molar-refractivity contribution in [3.05, 3.63) is 0 Å². The Morgan fingerprint density at radius 3 is 1.92 bits per heavy atom. The Bertz CT molecular complexity index is 495. The lowest BCUT2D eigenvalue weighted by molar-refractivity contribution is -0.111. The van der Waals surface area contributed by atoms with E-state index in [0.717, 1.165) is 69.1 Å². The Labute approximate surface area is 236 Å². The third-order valence-electron chi connectivity index (χ3n) is 8.43. The van der Waals surface area contributed by atoms with Gasteiger partial charge in [-0.2, -0.15) is 0 Å². The van der Waals surface area contributed by atoms with Gasteiger partial charge in [-0.3, -0.25) is 9.18 Å². The van der Waals surface area contributed by atoms with Gasteiger partial charge in [-0.05, 0) is 77.9 Å². The first-order chi connectivity index (χ1) is 18.5. The van der Waals surface area contributed by atoms with Crippen LogP contribution in [0.3, 0.4) is 0 Å². The predicted octanol–water partition coefficient (Wildman–Crippen LogP) is 7.70. The predicted molar refractivity (Wildman–Crippen MR) is 163 cm³/mol. The second kappa shape index (κ2) is 29.0. The van der Waals surface area contributed by atoms with Gasteiger partial charge >= 0.3 is 0 Å². The normalized spacial score (nSPS) is 20.2. The maximum absolute atomic E-state index is 11.6. The van der Waals surface area contributed by atoms with Crippen molar-refractivity contribution in [2.24, 2.45) is 23.5 Å². The zero-order valence-electron chi connectivity index (χ0n) is 26.2. The summed E-state index contributed by atoms with van der Waals surface area (Å²) >= 11 is 0. The van der Waals surface area contributed by atoms with Crippen LogP contribution in [-0.2, 0) is 9.59 Å². The lowest BCUT2D eigenvalue weighted by atomic mass is 9.77. The number of aldehydes is 1. The molecule has 0 aromatic heterocycles. The largest absolute Gasteiger partial charge is 0.356 e. The number of nitrogens with two attached hydrogens (primary N) is 1. The van der Waals surface area contributed by atoms with Gasteiger partial charge in [0.1, 0.15) is 6.29 Å². The average Bonchev–Trinajstić information content (AvgIpc) is 3.30. The molecule has 1 aliphatic heterocycles. The Morgan fingerprint density at radius 2 is 1.50 bits per heavy atom. The van der Waals surface area contributed by atoms with E-state index in [9.17, 15) is 14.0 Å². The number of nitrogens with zero attached hydrogens (tertiary/aromatic N) is 1. The van der Waals surface area contributed by atoms with E-state index in [1.807, 2.05) is 6.92 Å². The molecule has 3 atom stereocenters. The first-order valence-electron chi connectivity index (χ1n) is 16.0. The second-order valence-corrected chi connectivity index (χ2v) is 11.2. The van der Waals surface area contributed by atoms with Crippen molar-refractivity contribution in [2.75, 3.05) is 27.3 Å². The van der Waals surface area contributed by atoms with Crippen LogP contribution in [0.5, 0.6) is 0 Å². The second-order valence-electron chi connectivity index (χ2n) is 11.2. The molecule has 0 spiro atoms. The van der Waals surface area contributed by atoms with Crippen LogP contribution in [-0.4, -0.2) is 57.0 Å². The molecule has 3 N–H and O–H groups in total. The molecule has 1 amide bonds. The zero-order chi connectivity index (χ0) is 29.0. The van der Waals surface area contributed by atoms with Gasteiger partial charge in [0.2, 0.25) is 6.41 Å². The van der Waals surface area contributed by atoms with Crippen molar-refractivity contribution in [1.29, 1.82) is 0 Å². The Morgan fingerprint density at radius 1 is 0.895 bits per heavy atom. The first-order valence-corrected chi connectivity index (χ1v) is 16.0. The van der Waals surface area contributed by atoms with E-state index in [4.69, 9.17) is 0 Å². The van der Waals surface area contributed by atoms with Crippen molar-refractivity contribution < 1.29 is 14.0 Å². The molecule has 38 heavy (non-hydrogen) atoms. The van der Waals surface area contributed by atoms with Gasteiger partial charge in [-0.1, -0.05) is 91.4 Å². The van der Waals surface area contributed by atoms with E-state index in [1.165, 1.54) is 77.8 Å². The van der Waals surface area contributed by atoms with Gasteiger partial charge in [0.25, 0.3) is 0 Å². The summed E-state index contributed by atoms with van der Waals surface area (Å²) in [6.07, 6.45) is 22.3. The first kappa shape index (κ1) is 39.1. The van der Waals surface area contributed by atoms with Crippen LogP contribution < -0.4 is 11.1 Å². The van der Waals surface area contributed by atoms with E-state index >= 15 is 0 Å². The maximum Gasteiger partial charge on any atom is 0.207 e. The van der Waals surface area contributed by atoms with Crippen molar-refractivity contribution >= 4 is 12.7 Å². The summed E-state index contributed by atoms with van der Waals surface area (Å²) in [4.78, 5) is 23.1. The van der Waals surface area contributed by atoms with E-state index < -0.39 is 0 Å². The number of carbonyl (C=O) groups is 2. The molecule has 2 fully saturated rings. The van der Waals surface area contributed by atoms with Crippen LogP contribution in [0.15, 0.2) is 0 Å². The number of unbranched alkanes of at least 4 members (excludes halogenated alkanes) is 4. The summed E-state index contributed by atoms with van der Waals surface area (Å²) in [7, 11) is 3.79. The minimum atomic E-state index is -0.224. The van der Waals surface area contributed by atoms with Crippen molar-refractivity contribution in [2.45, 2.75) is 149 Å². The SMILES string of the molecule is CC1C(C2CCCCC2)CCN1C.CCC(C=O)CCCCCF.CCCCC(CCCC)NC=O.CN. The highest BCUT2D eigenvalue weighted by atomic mass is 19.1. The molecule has 5 nitrogen and oxygen atoms in total. The van der Waals surface area contributed by atoms with Gasteiger partial charge in [0.05, 0.1) is 6.67 Å². The lowest BCUT2D eigenvalue weighted by Gasteiger charge is -2.31. The van der Waals surface area contributed by atoms with Crippen LogP contribution in [0.2, 0.25) is 0 Å². The minimum absolute atomic E-state index is 0.203. The number of hydrogen-bond acceptors (Lipinski definition) is 4. The summed E-state index contributed by atoms with van der Waals surface area (Å²) in [6, 6.07) is 1.27. The maximum atomic E-state index is 11.6. The topological polar surface area (TPSA) is 75.4 Å². The summed E-state index contributed by atoms with van der Waals surface area (Å²) in [5.74, 6) is 2.29. The molecule has 0 aromatic carbocycles. The molecule has 0 aromatic rings. The summed E-state index contributed by atoms with van der Waals surface area (Å²) in [5.41, 5.74) is 4.50.